The summed E-state index contributed by atoms with van der Waals surface area (Å²) in [5.74, 6) is -0.525. The number of carbonyl (C=O) groups is 4. The Hall–Kier alpha value is -5.34. The highest BCUT2D eigenvalue weighted by atomic mass is 32.1. The molecule has 1 fully saturated rings. The van der Waals surface area contributed by atoms with E-state index in [0.29, 0.717) is 32.5 Å². The van der Waals surface area contributed by atoms with Gasteiger partial charge in [0.05, 0.1) is 42.2 Å². The van der Waals surface area contributed by atoms with Gasteiger partial charge in [-0.15, -0.1) is 11.3 Å². The normalized spacial score (nSPS) is 15.8. The zero-order valence-corrected chi connectivity index (χ0v) is 37.8. The number of aromatic nitrogens is 2. The van der Waals surface area contributed by atoms with Gasteiger partial charge in [0.25, 0.3) is 0 Å². The first-order valence-electron chi connectivity index (χ1n) is 21.0. The summed E-state index contributed by atoms with van der Waals surface area (Å²) < 4.78 is 4.85. The number of hydrogen-bond donors (Lipinski definition) is 4. The summed E-state index contributed by atoms with van der Waals surface area (Å²) >= 11 is 1.58. The minimum absolute atomic E-state index is 0.0587. The second kappa shape index (κ2) is 20.5. The number of thiazole rings is 1. The topological polar surface area (TPSA) is 166 Å². The van der Waals surface area contributed by atoms with E-state index in [4.69, 9.17) is 9.72 Å². The summed E-state index contributed by atoms with van der Waals surface area (Å²) in [6, 6.07) is 19.7. The highest BCUT2D eigenvalue weighted by Crippen LogP contribution is 2.30. The van der Waals surface area contributed by atoms with Crippen molar-refractivity contribution in [1.82, 2.24) is 35.7 Å². The van der Waals surface area contributed by atoms with Crippen LogP contribution in [0.1, 0.15) is 89.6 Å². The average molecular weight is 854 g/mol. The molecule has 2 aromatic carbocycles. The molecule has 0 radical (unpaired) electrons. The zero-order chi connectivity index (χ0) is 44.5. The number of alkyl carbamates (subject to hydrolysis) is 1. The van der Waals surface area contributed by atoms with Gasteiger partial charge in [-0.1, -0.05) is 116 Å². The molecule has 0 spiro atoms. The second-order valence-electron chi connectivity index (χ2n) is 18.4. The molecule has 3 heterocycles. The van der Waals surface area contributed by atoms with Crippen LogP contribution in [0.25, 0.3) is 11.3 Å². The minimum atomic E-state index is -1.14. The predicted octanol–water partition coefficient (Wildman–Crippen LogP) is 6.96. The van der Waals surface area contributed by atoms with E-state index < -0.39 is 53.1 Å². The van der Waals surface area contributed by atoms with Crippen LogP contribution in [0.2, 0.25) is 0 Å². The van der Waals surface area contributed by atoms with Gasteiger partial charge in [0, 0.05) is 42.2 Å². The number of methoxy groups -OCH3 is 1. The van der Waals surface area contributed by atoms with Crippen LogP contribution >= 0.6 is 11.3 Å². The Labute approximate surface area is 364 Å². The van der Waals surface area contributed by atoms with E-state index in [1.54, 1.807) is 27.3 Å². The molecule has 5 amide bonds. The Morgan fingerprint density at radius 1 is 0.836 bits per heavy atom. The molecular formula is C47H63N7O6S. The Morgan fingerprint density at radius 2 is 1.51 bits per heavy atom. The number of ether oxygens (including phenoxy) is 1. The number of carbonyl (C=O) groups excluding carboxylic acids is 4. The number of hydrogen-bond acceptors (Lipinski definition) is 9. The van der Waals surface area contributed by atoms with Gasteiger partial charge in [0.1, 0.15) is 12.1 Å². The second-order valence-corrected chi connectivity index (χ2v) is 19.3. The number of nitrogens with zero attached hydrogens (tertiary/aromatic N) is 4. The zero-order valence-electron chi connectivity index (χ0n) is 37.0. The van der Waals surface area contributed by atoms with Crippen molar-refractivity contribution in [3.8, 4) is 11.3 Å². The first-order valence-corrected chi connectivity index (χ1v) is 21.9. The van der Waals surface area contributed by atoms with Crippen LogP contribution in [-0.4, -0.2) is 99.3 Å². The van der Waals surface area contributed by atoms with Gasteiger partial charge in [0.2, 0.25) is 11.8 Å². The molecule has 5 rings (SSSR count). The fraction of sp³-hybridized carbons (Fsp3) is 0.489. The van der Waals surface area contributed by atoms with Gasteiger partial charge in [-0.25, -0.2) is 14.6 Å². The quantitative estimate of drug-likeness (QED) is 0.0886. The first-order chi connectivity index (χ1) is 28.8. The highest BCUT2D eigenvalue weighted by Gasteiger charge is 2.44. The number of benzene rings is 2. The summed E-state index contributed by atoms with van der Waals surface area (Å²) in [6.45, 7) is 16.7. The molecule has 2 aromatic heterocycles. The van der Waals surface area contributed by atoms with Crippen LogP contribution < -0.4 is 16.0 Å². The van der Waals surface area contributed by atoms with E-state index >= 15 is 0 Å². The molecule has 0 aliphatic carbocycles. The van der Waals surface area contributed by atoms with Crippen molar-refractivity contribution in [3.05, 3.63) is 106 Å². The van der Waals surface area contributed by atoms with Gasteiger partial charge < -0.3 is 35.6 Å². The minimum Gasteiger partial charge on any atom is -0.453 e. The molecule has 5 atom stereocenters. The van der Waals surface area contributed by atoms with Crippen LogP contribution in [0.5, 0.6) is 0 Å². The molecule has 1 aliphatic rings. The lowest BCUT2D eigenvalue weighted by Gasteiger charge is -2.38. The Kier molecular flexibility index (Phi) is 15.7. The molecule has 61 heavy (non-hydrogen) atoms. The Bertz CT molecular complexity index is 2060. The molecule has 5 unspecified atom stereocenters. The van der Waals surface area contributed by atoms with Gasteiger partial charge in [-0.3, -0.25) is 14.6 Å². The molecule has 14 heteroatoms. The number of aliphatic hydroxyl groups excluding tert-OH is 1. The van der Waals surface area contributed by atoms with Crippen molar-refractivity contribution in [2.75, 3.05) is 20.2 Å². The van der Waals surface area contributed by atoms with Crippen molar-refractivity contribution < 1.29 is 29.0 Å². The van der Waals surface area contributed by atoms with Crippen LogP contribution in [0.3, 0.4) is 0 Å². The van der Waals surface area contributed by atoms with Crippen molar-refractivity contribution in [2.45, 2.75) is 117 Å². The lowest BCUT2D eigenvalue weighted by Crippen LogP contribution is -2.59. The van der Waals surface area contributed by atoms with Crippen LogP contribution in [0, 0.1) is 10.8 Å². The number of rotatable bonds is 17. The molecule has 328 valence electrons. The van der Waals surface area contributed by atoms with E-state index in [1.165, 1.54) is 7.11 Å². The summed E-state index contributed by atoms with van der Waals surface area (Å²) in [7, 11) is 1.24. The SMILES string of the molecule is COC(=O)NC(C(=O)NC(Cc1ccc(-c2ccccn2)cc1)CC(O)C(Cc1ccccc1)NC(=O)C(N1CCN(Cc2csc(C(C)C)n2)C1=O)C(C)(C)C)C(C)(C)C. The maximum absolute atomic E-state index is 14.6. The summed E-state index contributed by atoms with van der Waals surface area (Å²) in [6.07, 6.45) is 0.549. The standard InChI is InChI=1S/C47H63N7O6S/c1-30(2)43-50-35(29-61-43)28-53-23-24-54(45(53)59)40(47(6,7)8)42(57)51-37(26-31-15-11-10-12-16-31)38(55)27-34(49-41(56)39(46(3,4)5)52-44(58)60-9)25-32-18-20-33(21-19-32)36-17-13-14-22-48-36/h10-22,29-30,34,37-40,55H,23-28H2,1-9H3,(H,49,56)(H,51,57)(H,52,58). The van der Waals surface area contributed by atoms with Crippen LogP contribution in [0.15, 0.2) is 84.4 Å². The molecule has 4 aromatic rings. The Morgan fingerprint density at radius 3 is 2.10 bits per heavy atom. The molecule has 13 nitrogen and oxygen atoms in total. The average Bonchev–Trinajstić information content (AvgIpc) is 3.83. The van der Waals surface area contributed by atoms with E-state index in [-0.39, 0.29) is 24.3 Å². The molecule has 1 aliphatic heterocycles. The molecule has 0 bridgehead atoms. The van der Waals surface area contributed by atoms with Crippen molar-refractivity contribution in [2.24, 2.45) is 10.8 Å². The monoisotopic (exact) mass is 853 g/mol. The van der Waals surface area contributed by atoms with Crippen LogP contribution in [-0.2, 0) is 33.7 Å². The maximum atomic E-state index is 14.6. The third-order valence-electron chi connectivity index (χ3n) is 10.9. The number of aliphatic hydroxyl groups is 1. The number of amides is 5. The number of urea groups is 1. The third-order valence-corrected chi connectivity index (χ3v) is 12.1. The van der Waals surface area contributed by atoms with E-state index in [0.717, 1.165) is 33.1 Å². The smallest absolute Gasteiger partial charge is 0.407 e. The lowest BCUT2D eigenvalue weighted by atomic mass is 9.84. The first kappa shape index (κ1) is 46.7. The fourth-order valence-corrected chi connectivity index (χ4v) is 8.50. The summed E-state index contributed by atoms with van der Waals surface area (Å²) in [5, 5.41) is 24.2. The predicted molar refractivity (Wildman–Crippen MR) is 239 cm³/mol. The summed E-state index contributed by atoms with van der Waals surface area (Å²) in [4.78, 5) is 67.6. The largest absolute Gasteiger partial charge is 0.453 e. The number of nitrogens with one attached hydrogen (secondary N) is 3. The van der Waals surface area contributed by atoms with E-state index in [2.05, 4.69) is 34.8 Å². The van der Waals surface area contributed by atoms with Crippen molar-refractivity contribution in [3.63, 3.8) is 0 Å². The fourth-order valence-electron chi connectivity index (χ4n) is 7.67. The molecular weight excluding hydrogens is 791 g/mol. The highest BCUT2D eigenvalue weighted by molar-refractivity contribution is 7.09. The third kappa shape index (κ3) is 12.8. The van der Waals surface area contributed by atoms with Gasteiger partial charge in [0.15, 0.2) is 0 Å². The molecule has 1 saturated heterocycles. The van der Waals surface area contributed by atoms with Gasteiger partial charge in [-0.05, 0) is 53.4 Å². The summed E-state index contributed by atoms with van der Waals surface area (Å²) in [5.41, 5.74) is 3.04. The van der Waals surface area contributed by atoms with Gasteiger partial charge in [-0.2, -0.15) is 0 Å². The van der Waals surface area contributed by atoms with E-state index in [1.807, 2.05) is 120 Å². The van der Waals surface area contributed by atoms with E-state index in [9.17, 15) is 24.3 Å². The Balaban J connectivity index is 1.41. The van der Waals surface area contributed by atoms with Crippen molar-refractivity contribution >= 4 is 35.3 Å². The maximum Gasteiger partial charge on any atom is 0.407 e. The van der Waals surface area contributed by atoms with Gasteiger partial charge >= 0.3 is 12.1 Å². The molecule has 4 N–H and O–H groups in total. The molecule has 0 saturated carbocycles. The van der Waals surface area contributed by atoms with Crippen LogP contribution in [0.4, 0.5) is 9.59 Å². The lowest BCUT2D eigenvalue weighted by molar-refractivity contribution is -0.131. The van der Waals surface area contributed by atoms with Crippen molar-refractivity contribution in [1.29, 1.82) is 0 Å². The number of pyridine rings is 1.